The maximum absolute atomic E-state index is 13.7. The fraction of sp³-hybridized carbons (Fsp3) is 0.296. The van der Waals surface area contributed by atoms with Gasteiger partial charge in [0.1, 0.15) is 17.7 Å². The van der Waals surface area contributed by atoms with Crippen LogP contribution in [0.1, 0.15) is 36.7 Å². The van der Waals surface area contributed by atoms with Gasteiger partial charge in [0.2, 0.25) is 5.91 Å². The maximum atomic E-state index is 13.7. The maximum Gasteiger partial charge on any atom is 0.331 e. The van der Waals surface area contributed by atoms with Crippen molar-refractivity contribution in [1.82, 2.24) is 14.8 Å². The molecule has 37 heavy (non-hydrogen) atoms. The van der Waals surface area contributed by atoms with E-state index in [1.165, 1.54) is 49.1 Å². The fourth-order valence-corrected chi connectivity index (χ4v) is 4.19. The topological polar surface area (TPSA) is 97.6 Å². The number of amides is 4. The Bertz CT molecular complexity index is 1380. The van der Waals surface area contributed by atoms with E-state index in [9.17, 15) is 28.4 Å². The summed E-state index contributed by atoms with van der Waals surface area (Å²) < 4.78 is 27.3. The van der Waals surface area contributed by atoms with E-state index >= 15 is 0 Å². The number of imide groups is 1. The molecule has 0 N–H and O–H groups in total. The number of hydrogen-bond acceptors (Lipinski definition) is 5. The summed E-state index contributed by atoms with van der Waals surface area (Å²) in [4.78, 5) is 47.1. The Morgan fingerprint density at radius 1 is 1.05 bits per heavy atom. The zero-order valence-electron chi connectivity index (χ0n) is 21.2. The first kappa shape index (κ1) is 27.2. The lowest BCUT2D eigenvalue weighted by Crippen LogP contribution is -2.53. The molecule has 4 amide bonds. The molecule has 0 aliphatic carbocycles. The van der Waals surface area contributed by atoms with Crippen LogP contribution in [0, 0.1) is 28.9 Å². The average Bonchev–Trinajstić information content (AvgIpc) is 2.85. The molecule has 3 aromatic rings. The van der Waals surface area contributed by atoms with Crippen molar-refractivity contribution in [2.45, 2.75) is 26.8 Å². The molecule has 2 aromatic carbocycles. The average molecular weight is 508 g/mol. The molecule has 1 unspecified atom stereocenters. The predicted molar refractivity (Wildman–Crippen MR) is 135 cm³/mol. The number of halogens is 2. The van der Waals surface area contributed by atoms with E-state index in [1.54, 1.807) is 12.1 Å². The SMILES string of the molecule is CC(=O)N(C(=O)N(C)C(CN(C)C(=O)c1cc(F)cc(F)c1)C(C)C)c1ccc(C#N)c2ncccc12. The highest BCUT2D eigenvalue weighted by atomic mass is 19.1. The molecule has 10 heteroatoms. The molecule has 1 atom stereocenters. The number of benzene rings is 2. The Hall–Kier alpha value is -4.39. The summed E-state index contributed by atoms with van der Waals surface area (Å²) in [6.07, 6.45) is 1.52. The Morgan fingerprint density at radius 2 is 1.70 bits per heavy atom. The molecule has 0 saturated heterocycles. The van der Waals surface area contributed by atoms with E-state index < -0.39 is 35.5 Å². The second kappa shape index (κ2) is 11.1. The molecule has 0 aliphatic rings. The zero-order valence-corrected chi connectivity index (χ0v) is 21.2. The monoisotopic (exact) mass is 507 g/mol. The van der Waals surface area contributed by atoms with Gasteiger partial charge in [-0.1, -0.05) is 13.8 Å². The van der Waals surface area contributed by atoms with Gasteiger partial charge >= 0.3 is 6.03 Å². The summed E-state index contributed by atoms with van der Waals surface area (Å²) in [5.74, 6) is -3.05. The van der Waals surface area contributed by atoms with Crippen LogP contribution in [0.3, 0.4) is 0 Å². The third kappa shape index (κ3) is 5.72. The summed E-state index contributed by atoms with van der Waals surface area (Å²) in [6.45, 7) is 5.00. The molecular formula is C27H27F2N5O3. The first-order valence-electron chi connectivity index (χ1n) is 11.5. The number of anilines is 1. The number of rotatable bonds is 6. The first-order valence-corrected chi connectivity index (χ1v) is 11.5. The summed E-state index contributed by atoms with van der Waals surface area (Å²) in [7, 11) is 2.99. The van der Waals surface area contributed by atoms with E-state index in [0.29, 0.717) is 22.5 Å². The predicted octanol–water partition coefficient (Wildman–Crippen LogP) is 4.59. The van der Waals surface area contributed by atoms with Crippen LogP contribution in [0.5, 0.6) is 0 Å². The van der Waals surface area contributed by atoms with Gasteiger partial charge in [0.15, 0.2) is 0 Å². The van der Waals surface area contributed by atoms with Crippen LogP contribution in [0.15, 0.2) is 48.7 Å². The van der Waals surface area contributed by atoms with Gasteiger partial charge in [-0.15, -0.1) is 0 Å². The van der Waals surface area contributed by atoms with Crippen LogP contribution in [-0.4, -0.2) is 59.3 Å². The largest absolute Gasteiger partial charge is 0.340 e. The van der Waals surface area contributed by atoms with Crippen LogP contribution in [0.2, 0.25) is 0 Å². The summed E-state index contributed by atoms with van der Waals surface area (Å²) >= 11 is 0. The van der Waals surface area contributed by atoms with E-state index in [2.05, 4.69) is 11.1 Å². The van der Waals surface area contributed by atoms with E-state index in [0.717, 1.165) is 17.0 Å². The summed E-state index contributed by atoms with van der Waals surface area (Å²) in [5.41, 5.74) is 0.780. The Kier molecular flexibility index (Phi) is 8.17. The molecule has 0 aliphatic heterocycles. The van der Waals surface area contributed by atoms with Gasteiger partial charge in [0, 0.05) is 50.8 Å². The molecule has 1 heterocycles. The van der Waals surface area contributed by atoms with Gasteiger partial charge in [-0.3, -0.25) is 14.6 Å². The quantitative estimate of drug-likeness (QED) is 0.486. The number of pyridine rings is 1. The van der Waals surface area contributed by atoms with E-state index in [-0.39, 0.29) is 23.7 Å². The summed E-state index contributed by atoms with van der Waals surface area (Å²) in [5, 5.41) is 9.89. The van der Waals surface area contributed by atoms with Crippen LogP contribution in [-0.2, 0) is 4.79 Å². The van der Waals surface area contributed by atoms with Crippen LogP contribution in [0.25, 0.3) is 10.9 Å². The molecule has 0 saturated carbocycles. The normalized spacial score (nSPS) is 11.6. The Balaban J connectivity index is 1.93. The van der Waals surface area contributed by atoms with Crippen molar-refractivity contribution >= 4 is 34.4 Å². The van der Waals surface area contributed by atoms with Crippen molar-refractivity contribution < 1.29 is 23.2 Å². The van der Waals surface area contributed by atoms with Gasteiger partial charge in [0.05, 0.1) is 22.8 Å². The lowest BCUT2D eigenvalue weighted by Gasteiger charge is -2.37. The molecule has 0 radical (unpaired) electrons. The first-order chi connectivity index (χ1) is 17.5. The number of nitrogens with zero attached hydrogens (tertiary/aromatic N) is 5. The highest BCUT2D eigenvalue weighted by Crippen LogP contribution is 2.29. The van der Waals surface area contributed by atoms with E-state index in [4.69, 9.17) is 0 Å². The lowest BCUT2D eigenvalue weighted by molar-refractivity contribution is -0.116. The second-order valence-electron chi connectivity index (χ2n) is 9.05. The number of fused-ring (bicyclic) bond motifs is 1. The molecule has 1 aromatic heterocycles. The molecule has 0 fully saturated rings. The van der Waals surface area contributed by atoms with Crippen molar-refractivity contribution in [3.05, 3.63) is 71.4 Å². The van der Waals surface area contributed by atoms with Crippen molar-refractivity contribution in [2.24, 2.45) is 5.92 Å². The standard InChI is InChI=1S/C27H27F2N5O3/c1-16(2)24(15-32(4)26(36)19-11-20(28)13-21(29)12-19)33(5)27(37)34(17(3)35)23-9-8-18(14-30)25-22(23)7-6-10-31-25/h6-13,16,24H,15H2,1-5H3. The van der Waals surface area contributed by atoms with Crippen molar-refractivity contribution in [2.75, 3.05) is 25.5 Å². The highest BCUT2D eigenvalue weighted by Gasteiger charge is 2.32. The molecule has 3 rings (SSSR count). The minimum absolute atomic E-state index is 0.0400. The van der Waals surface area contributed by atoms with Gasteiger partial charge < -0.3 is 9.80 Å². The minimum atomic E-state index is -0.870. The molecule has 192 valence electrons. The number of carbonyl (C=O) groups excluding carboxylic acids is 3. The van der Waals surface area contributed by atoms with Crippen molar-refractivity contribution in [3.8, 4) is 6.07 Å². The molecule has 0 bridgehead atoms. The third-order valence-electron chi connectivity index (χ3n) is 6.10. The lowest BCUT2D eigenvalue weighted by atomic mass is 10.0. The number of likely N-dealkylation sites (N-methyl/N-ethyl adjacent to an activating group) is 2. The molecule has 0 spiro atoms. The van der Waals surface area contributed by atoms with Gasteiger partial charge in [0.25, 0.3) is 5.91 Å². The highest BCUT2D eigenvalue weighted by molar-refractivity contribution is 6.17. The van der Waals surface area contributed by atoms with Crippen LogP contribution in [0.4, 0.5) is 19.3 Å². The zero-order chi connectivity index (χ0) is 27.4. The number of hydrogen-bond donors (Lipinski definition) is 0. The fourth-order valence-electron chi connectivity index (χ4n) is 4.19. The Labute approximate surface area is 213 Å². The number of carbonyl (C=O) groups is 3. The van der Waals surface area contributed by atoms with Crippen molar-refractivity contribution in [3.63, 3.8) is 0 Å². The minimum Gasteiger partial charge on any atom is -0.340 e. The number of nitriles is 1. The number of urea groups is 1. The Morgan fingerprint density at radius 3 is 2.27 bits per heavy atom. The van der Waals surface area contributed by atoms with Crippen LogP contribution < -0.4 is 4.90 Å². The number of aromatic nitrogens is 1. The third-order valence-corrected chi connectivity index (χ3v) is 6.10. The molecule has 8 nitrogen and oxygen atoms in total. The van der Waals surface area contributed by atoms with Gasteiger partial charge in [-0.2, -0.15) is 5.26 Å². The van der Waals surface area contributed by atoms with Crippen molar-refractivity contribution in [1.29, 1.82) is 5.26 Å². The van der Waals surface area contributed by atoms with Gasteiger partial charge in [-0.05, 0) is 42.3 Å². The van der Waals surface area contributed by atoms with Gasteiger partial charge in [-0.25, -0.2) is 18.5 Å². The molecular weight excluding hydrogens is 480 g/mol. The van der Waals surface area contributed by atoms with E-state index in [1.807, 2.05) is 13.8 Å². The smallest absolute Gasteiger partial charge is 0.331 e. The second-order valence-corrected chi connectivity index (χ2v) is 9.05. The summed E-state index contributed by atoms with van der Waals surface area (Å²) in [6, 6.07) is 9.78. The van der Waals surface area contributed by atoms with Crippen LogP contribution >= 0.6 is 0 Å².